The van der Waals surface area contributed by atoms with Crippen molar-refractivity contribution in [2.24, 2.45) is 22.7 Å². The van der Waals surface area contributed by atoms with E-state index in [0.717, 1.165) is 19.3 Å². The van der Waals surface area contributed by atoms with E-state index in [1.165, 1.54) is 6.92 Å². The number of carbonyl (C=O) groups is 3. The smallest absolute Gasteiger partial charge is 0.336 e. The molecule has 0 N–H and O–H groups in total. The highest BCUT2D eigenvalue weighted by molar-refractivity contribution is 6.74. The Morgan fingerprint density at radius 2 is 1.86 bits per heavy atom. The fourth-order valence-corrected chi connectivity index (χ4v) is 8.15. The van der Waals surface area contributed by atoms with E-state index in [2.05, 4.69) is 40.8 Å². The molecule has 0 bridgehead atoms. The highest BCUT2D eigenvalue weighted by atomic mass is 28.4. The van der Waals surface area contributed by atoms with Crippen LogP contribution in [0.4, 0.5) is 0 Å². The van der Waals surface area contributed by atoms with Gasteiger partial charge in [0.2, 0.25) is 0 Å². The van der Waals surface area contributed by atoms with Crippen LogP contribution in [0.2, 0.25) is 18.1 Å². The summed E-state index contributed by atoms with van der Waals surface area (Å²) in [6.45, 7) is 17.7. The van der Waals surface area contributed by atoms with Crippen LogP contribution in [0.25, 0.3) is 0 Å². The number of cyclic esters (lactones) is 1. The first-order valence-electron chi connectivity index (χ1n) is 13.4. The topological polar surface area (TPSA) is 91.4 Å². The molecule has 0 unspecified atom stereocenters. The molecular weight excluding hydrogens is 476 g/mol. The Balaban J connectivity index is 1.61. The third-order valence-electron chi connectivity index (χ3n) is 10.2. The van der Waals surface area contributed by atoms with Gasteiger partial charge >= 0.3 is 11.9 Å². The fraction of sp³-hybridized carbons (Fsp3) is 0.821. The zero-order chi connectivity index (χ0) is 26.7. The van der Waals surface area contributed by atoms with Gasteiger partial charge in [0.15, 0.2) is 8.32 Å². The molecule has 8 heteroatoms. The molecule has 2 aliphatic carbocycles. The van der Waals surface area contributed by atoms with Crippen molar-refractivity contribution in [3.8, 4) is 0 Å². The average Bonchev–Trinajstić information content (AvgIpc) is 3.46. The Bertz CT molecular complexity index is 959. The quantitative estimate of drug-likeness (QED) is 0.211. The predicted molar refractivity (Wildman–Crippen MR) is 138 cm³/mol. The number of carbonyl (C=O) groups excluding carboxylic acids is 3. The summed E-state index contributed by atoms with van der Waals surface area (Å²) >= 11 is 0. The SMILES string of the molecule is CC(=O)OC[C@]1(C)C(=O)CC[C@@]2(C)[C@H](C/C=C3/C(=O)OC[C@@H]3O[Si](C)(C)C(C)(C)C)[C@]3(CC[C@@H]21)CO3. The van der Waals surface area contributed by atoms with Crippen LogP contribution >= 0.6 is 0 Å². The van der Waals surface area contributed by atoms with Crippen molar-refractivity contribution < 1.29 is 33.0 Å². The lowest BCUT2D eigenvalue weighted by Crippen LogP contribution is -2.59. The van der Waals surface area contributed by atoms with E-state index in [1.54, 1.807) is 0 Å². The van der Waals surface area contributed by atoms with Gasteiger partial charge in [-0.3, -0.25) is 9.59 Å². The van der Waals surface area contributed by atoms with Crippen LogP contribution in [-0.4, -0.2) is 57.6 Å². The van der Waals surface area contributed by atoms with Crippen LogP contribution in [0.15, 0.2) is 11.6 Å². The zero-order valence-electron chi connectivity index (χ0n) is 23.3. The summed E-state index contributed by atoms with van der Waals surface area (Å²) in [4.78, 5) is 37.5. The largest absolute Gasteiger partial charge is 0.465 e. The number of ether oxygens (including phenoxy) is 3. The van der Waals surface area contributed by atoms with Gasteiger partial charge in [-0.1, -0.05) is 33.8 Å². The third kappa shape index (κ3) is 4.62. The van der Waals surface area contributed by atoms with Crippen molar-refractivity contribution in [2.45, 2.75) is 103 Å². The van der Waals surface area contributed by atoms with Crippen molar-refractivity contribution >= 4 is 26.0 Å². The number of hydrogen-bond acceptors (Lipinski definition) is 7. The second kappa shape index (κ2) is 9.05. The van der Waals surface area contributed by atoms with Gasteiger partial charge in [0.1, 0.15) is 25.1 Å². The van der Waals surface area contributed by atoms with Gasteiger partial charge in [0.25, 0.3) is 0 Å². The standard InChI is InChI=1S/C28H44O7Si/c1-18(29)33-16-27(6)21-11-14-28(17-34-28)22(26(21,5)13-12-23(27)30)10-9-19-20(15-32-24(19)31)35-36(7,8)25(2,3)4/h9,20-22H,10-17H2,1-8H3/b19-9+/t20-,21-,22-,26+,27-,28-/m0/s1. The van der Waals surface area contributed by atoms with Gasteiger partial charge in [-0.05, 0) is 68.0 Å². The molecule has 0 aromatic rings. The first kappa shape index (κ1) is 27.5. The van der Waals surface area contributed by atoms with Gasteiger partial charge in [-0.25, -0.2) is 4.79 Å². The predicted octanol–water partition coefficient (Wildman–Crippen LogP) is 4.98. The number of fused-ring (bicyclic) bond motifs is 1. The summed E-state index contributed by atoms with van der Waals surface area (Å²) in [6, 6.07) is 0. The van der Waals surface area contributed by atoms with Gasteiger partial charge in [-0.2, -0.15) is 0 Å². The molecule has 0 amide bonds. The molecule has 0 aromatic carbocycles. The Morgan fingerprint density at radius 1 is 1.19 bits per heavy atom. The van der Waals surface area contributed by atoms with E-state index in [9.17, 15) is 14.4 Å². The van der Waals surface area contributed by atoms with Gasteiger partial charge in [0.05, 0.1) is 23.2 Å². The van der Waals surface area contributed by atoms with Crippen LogP contribution in [-0.2, 0) is 33.0 Å². The van der Waals surface area contributed by atoms with Crippen LogP contribution in [0, 0.1) is 22.7 Å². The van der Waals surface area contributed by atoms with Crippen molar-refractivity contribution in [2.75, 3.05) is 19.8 Å². The number of ketones is 1. The number of hydrogen-bond donors (Lipinski definition) is 0. The van der Waals surface area contributed by atoms with E-state index in [0.29, 0.717) is 25.0 Å². The molecule has 202 valence electrons. The maximum absolute atomic E-state index is 13.2. The fourth-order valence-electron chi connectivity index (χ4n) is 6.89. The normalized spacial score (nSPS) is 39.8. The average molecular weight is 521 g/mol. The lowest BCUT2D eigenvalue weighted by Gasteiger charge is -2.58. The lowest BCUT2D eigenvalue weighted by molar-refractivity contribution is -0.169. The molecule has 4 rings (SSSR count). The molecule has 6 atom stereocenters. The number of epoxide rings is 1. The van der Waals surface area contributed by atoms with Crippen molar-refractivity contribution in [3.63, 3.8) is 0 Å². The van der Waals surface area contributed by atoms with E-state index in [-0.39, 0.29) is 64.9 Å². The van der Waals surface area contributed by atoms with Gasteiger partial charge < -0.3 is 18.6 Å². The second-order valence-electron chi connectivity index (χ2n) is 13.5. The molecular formula is C28H44O7Si. The first-order chi connectivity index (χ1) is 16.6. The minimum absolute atomic E-state index is 0.0285. The number of Topliss-reactive ketones (excluding diaryl/α,β-unsaturated/α-hetero) is 1. The van der Waals surface area contributed by atoms with Crippen LogP contribution < -0.4 is 0 Å². The van der Waals surface area contributed by atoms with Crippen molar-refractivity contribution in [1.29, 1.82) is 0 Å². The Kier molecular flexibility index (Phi) is 6.92. The molecule has 1 spiro atoms. The molecule has 2 saturated carbocycles. The Hall–Kier alpha value is -1.51. The third-order valence-corrected chi connectivity index (χ3v) is 14.7. The molecule has 0 aromatic heterocycles. The first-order valence-corrected chi connectivity index (χ1v) is 16.3. The molecule has 2 aliphatic heterocycles. The molecule has 2 saturated heterocycles. The van der Waals surface area contributed by atoms with E-state index in [4.69, 9.17) is 18.6 Å². The monoisotopic (exact) mass is 520 g/mol. The van der Waals surface area contributed by atoms with Gasteiger partial charge in [-0.15, -0.1) is 0 Å². The number of rotatable bonds is 6. The van der Waals surface area contributed by atoms with E-state index < -0.39 is 13.7 Å². The van der Waals surface area contributed by atoms with E-state index in [1.807, 2.05) is 13.0 Å². The minimum Gasteiger partial charge on any atom is -0.465 e. The molecule has 7 nitrogen and oxygen atoms in total. The number of esters is 2. The summed E-state index contributed by atoms with van der Waals surface area (Å²) in [7, 11) is -2.09. The molecule has 0 radical (unpaired) electrons. The maximum Gasteiger partial charge on any atom is 0.336 e. The van der Waals surface area contributed by atoms with Crippen LogP contribution in [0.5, 0.6) is 0 Å². The highest BCUT2D eigenvalue weighted by Gasteiger charge is 2.67. The molecule has 4 fully saturated rings. The molecule has 36 heavy (non-hydrogen) atoms. The Labute approximate surface area is 216 Å². The highest BCUT2D eigenvalue weighted by Crippen LogP contribution is 2.65. The van der Waals surface area contributed by atoms with Crippen molar-refractivity contribution in [1.82, 2.24) is 0 Å². The minimum atomic E-state index is -2.09. The van der Waals surface area contributed by atoms with Crippen molar-refractivity contribution in [3.05, 3.63) is 11.6 Å². The number of allylic oxidation sites excluding steroid dienone is 1. The summed E-state index contributed by atoms with van der Waals surface area (Å²) < 4.78 is 23.6. The maximum atomic E-state index is 13.2. The van der Waals surface area contributed by atoms with Crippen LogP contribution in [0.3, 0.4) is 0 Å². The lowest BCUT2D eigenvalue weighted by atomic mass is 9.45. The van der Waals surface area contributed by atoms with E-state index >= 15 is 0 Å². The zero-order valence-corrected chi connectivity index (χ0v) is 24.3. The summed E-state index contributed by atoms with van der Waals surface area (Å²) in [5.41, 5.74) is -0.465. The second-order valence-corrected chi connectivity index (χ2v) is 18.2. The Morgan fingerprint density at radius 3 is 2.44 bits per heavy atom. The summed E-state index contributed by atoms with van der Waals surface area (Å²) in [6.07, 6.45) is 5.35. The summed E-state index contributed by atoms with van der Waals surface area (Å²) in [5, 5.41) is 0.0285. The van der Waals surface area contributed by atoms with Gasteiger partial charge in [0, 0.05) is 13.3 Å². The molecule has 4 aliphatic rings. The molecule has 2 heterocycles. The van der Waals surface area contributed by atoms with Crippen LogP contribution in [0.1, 0.15) is 73.6 Å². The summed E-state index contributed by atoms with van der Waals surface area (Å²) in [5.74, 6) is -0.233.